The number of methoxy groups -OCH3 is 1. The van der Waals surface area contributed by atoms with Crippen LogP contribution in [0.1, 0.15) is 44.4 Å². The van der Waals surface area contributed by atoms with E-state index in [4.69, 9.17) is 32.7 Å². The minimum atomic E-state index is -0.806. The van der Waals surface area contributed by atoms with Gasteiger partial charge in [0, 0.05) is 10.6 Å². The number of carbonyl (C=O) groups is 5. The molecule has 220 valence electrons. The van der Waals surface area contributed by atoms with Crippen LogP contribution in [0.2, 0.25) is 10.0 Å². The molecular weight excluding hydrogens is 595 g/mol. The van der Waals surface area contributed by atoms with E-state index in [1.807, 2.05) is 19.1 Å². The van der Waals surface area contributed by atoms with E-state index in [0.717, 1.165) is 10.0 Å². The number of hydrazine groups is 1. The Bertz CT molecular complexity index is 1650. The lowest BCUT2D eigenvalue weighted by Gasteiger charge is -2.30. The molecule has 1 fully saturated rings. The smallest absolute Gasteiger partial charge is 0.343 e. The maximum Gasteiger partial charge on any atom is 0.343 e. The summed E-state index contributed by atoms with van der Waals surface area (Å²) >= 11 is 12.3. The fourth-order valence-electron chi connectivity index (χ4n) is 5.26. The van der Waals surface area contributed by atoms with E-state index in [2.05, 4.69) is 0 Å². The van der Waals surface area contributed by atoms with Crippen LogP contribution in [0.3, 0.4) is 0 Å². The number of halogens is 2. The Morgan fingerprint density at radius 1 is 0.930 bits per heavy atom. The molecular formula is C32H26Cl2N2O7. The van der Waals surface area contributed by atoms with Crippen LogP contribution in [0.4, 0.5) is 0 Å². The monoisotopic (exact) mass is 620 g/mol. The van der Waals surface area contributed by atoms with Crippen molar-refractivity contribution in [3.8, 4) is 11.5 Å². The summed E-state index contributed by atoms with van der Waals surface area (Å²) in [6.45, 7) is 1.21. The van der Waals surface area contributed by atoms with Crippen molar-refractivity contribution < 1.29 is 33.4 Å². The molecule has 2 aliphatic rings. The summed E-state index contributed by atoms with van der Waals surface area (Å²) in [6.07, 6.45) is 4.06. The van der Waals surface area contributed by atoms with Crippen LogP contribution >= 0.6 is 23.2 Å². The average Bonchev–Trinajstić information content (AvgIpc) is 3.25. The summed E-state index contributed by atoms with van der Waals surface area (Å²) in [4.78, 5) is 66.9. The van der Waals surface area contributed by atoms with Crippen molar-refractivity contribution in [3.63, 3.8) is 0 Å². The van der Waals surface area contributed by atoms with Gasteiger partial charge < -0.3 is 9.47 Å². The van der Waals surface area contributed by atoms with Crippen LogP contribution in [-0.2, 0) is 9.59 Å². The lowest BCUT2D eigenvalue weighted by molar-refractivity contribution is -0.154. The van der Waals surface area contributed by atoms with Crippen molar-refractivity contribution in [1.29, 1.82) is 0 Å². The molecule has 1 heterocycles. The molecule has 0 bridgehead atoms. The Morgan fingerprint density at radius 3 is 2.35 bits per heavy atom. The summed E-state index contributed by atoms with van der Waals surface area (Å²) in [5.74, 6) is -3.94. The number of fused-ring (bicyclic) bond motifs is 1. The zero-order valence-corrected chi connectivity index (χ0v) is 24.7. The van der Waals surface area contributed by atoms with Crippen molar-refractivity contribution in [2.24, 2.45) is 17.8 Å². The maximum absolute atomic E-state index is 13.8. The second kappa shape index (κ2) is 12.4. The van der Waals surface area contributed by atoms with Gasteiger partial charge in [0.15, 0.2) is 5.78 Å². The summed E-state index contributed by atoms with van der Waals surface area (Å²) in [6, 6.07) is 16.4. The first-order valence-electron chi connectivity index (χ1n) is 13.4. The Labute approximate surface area is 257 Å². The Morgan fingerprint density at radius 2 is 1.67 bits per heavy atom. The molecule has 1 aliphatic heterocycles. The van der Waals surface area contributed by atoms with Crippen molar-refractivity contribution in [3.05, 3.63) is 106 Å². The normalized spacial score (nSPS) is 19.2. The average molecular weight is 621 g/mol. The molecule has 11 heteroatoms. The third-order valence-electron chi connectivity index (χ3n) is 7.47. The van der Waals surface area contributed by atoms with Crippen molar-refractivity contribution in [2.45, 2.75) is 13.3 Å². The second-order valence-corrected chi connectivity index (χ2v) is 11.0. The van der Waals surface area contributed by atoms with Crippen LogP contribution in [0, 0.1) is 17.8 Å². The number of nitrogens with zero attached hydrogens (tertiary/aromatic N) is 2. The van der Waals surface area contributed by atoms with Crippen molar-refractivity contribution >= 4 is 52.7 Å². The molecule has 3 aromatic carbocycles. The molecule has 0 unspecified atom stereocenters. The van der Waals surface area contributed by atoms with Gasteiger partial charge >= 0.3 is 5.97 Å². The number of imide groups is 1. The van der Waals surface area contributed by atoms with Gasteiger partial charge in [-0.15, -0.1) is 0 Å². The molecule has 0 saturated carbocycles. The predicted octanol–water partition coefficient (Wildman–Crippen LogP) is 5.66. The van der Waals surface area contributed by atoms with E-state index < -0.39 is 47.9 Å². The SMILES string of the molecule is COc1cccc(C(=O)Oc2ccc(C(=O)CN(C(=O)c3ccc(Cl)cc3Cl)N3C(=O)[C@H]4[C@H](C)C=CC[C@H]4C3=O)cc2)c1. The second-order valence-electron chi connectivity index (χ2n) is 10.2. The highest BCUT2D eigenvalue weighted by molar-refractivity contribution is 6.36. The van der Waals surface area contributed by atoms with Crippen molar-refractivity contribution in [1.82, 2.24) is 10.0 Å². The lowest BCUT2D eigenvalue weighted by atomic mass is 9.78. The molecule has 9 nitrogen and oxygen atoms in total. The first kappa shape index (κ1) is 30.0. The van der Waals surface area contributed by atoms with Crippen LogP contribution < -0.4 is 9.47 Å². The molecule has 3 atom stereocenters. The van der Waals surface area contributed by atoms with E-state index in [0.29, 0.717) is 12.2 Å². The number of benzene rings is 3. The Hall–Kier alpha value is -4.47. The lowest BCUT2D eigenvalue weighted by Crippen LogP contribution is -2.52. The highest BCUT2D eigenvalue weighted by atomic mass is 35.5. The first-order valence-corrected chi connectivity index (χ1v) is 14.2. The number of ketones is 1. The number of rotatable bonds is 8. The zero-order valence-electron chi connectivity index (χ0n) is 23.2. The highest BCUT2D eigenvalue weighted by Gasteiger charge is 2.53. The number of amides is 3. The molecule has 5 rings (SSSR count). The zero-order chi connectivity index (χ0) is 30.8. The Kier molecular flexibility index (Phi) is 8.66. The van der Waals surface area contributed by atoms with Gasteiger partial charge in [-0.3, -0.25) is 19.2 Å². The molecule has 0 N–H and O–H groups in total. The molecule has 0 radical (unpaired) electrons. The topological polar surface area (TPSA) is 110 Å². The van der Waals surface area contributed by atoms with E-state index in [1.165, 1.54) is 55.6 Å². The number of esters is 1. The quantitative estimate of drug-likeness (QED) is 0.105. The van der Waals surface area contributed by atoms with Gasteiger partial charge in [-0.05, 0) is 73.0 Å². The molecule has 0 aromatic heterocycles. The third kappa shape index (κ3) is 6.04. The Balaban J connectivity index is 1.39. The van der Waals surface area contributed by atoms with Gasteiger partial charge in [0.2, 0.25) is 0 Å². The van der Waals surface area contributed by atoms with E-state index in [9.17, 15) is 24.0 Å². The van der Waals surface area contributed by atoms with E-state index in [-0.39, 0.29) is 38.4 Å². The van der Waals surface area contributed by atoms with Gasteiger partial charge in [-0.1, -0.05) is 48.3 Å². The van der Waals surface area contributed by atoms with Gasteiger partial charge in [0.05, 0.1) is 35.1 Å². The number of allylic oxidation sites excluding steroid dienone is 2. The molecule has 0 spiro atoms. The first-order chi connectivity index (χ1) is 20.6. The van der Waals surface area contributed by atoms with Crippen LogP contribution in [0.15, 0.2) is 78.9 Å². The predicted molar refractivity (Wildman–Crippen MR) is 158 cm³/mol. The standard InChI is InChI=1S/C32H26Cl2N2O7/c1-18-5-3-8-25-28(18)31(40)36(30(25)39)35(29(38)24-14-11-21(33)16-26(24)34)17-27(37)19-9-12-22(13-10-19)43-32(41)20-6-4-7-23(15-20)42-2/h3-7,9-16,18,25,28H,8,17H2,1-2H3/t18-,25-,28+/m1/s1. The number of carbonyl (C=O) groups excluding carboxylic acids is 5. The van der Waals surface area contributed by atoms with Crippen LogP contribution in [0.5, 0.6) is 11.5 Å². The summed E-state index contributed by atoms with van der Waals surface area (Å²) in [5.41, 5.74) is 0.410. The third-order valence-corrected chi connectivity index (χ3v) is 8.02. The van der Waals surface area contributed by atoms with Gasteiger partial charge in [-0.2, -0.15) is 5.01 Å². The number of hydrogen-bond acceptors (Lipinski definition) is 7. The molecule has 43 heavy (non-hydrogen) atoms. The van der Waals surface area contributed by atoms with Crippen molar-refractivity contribution in [2.75, 3.05) is 13.7 Å². The molecule has 1 aliphatic carbocycles. The highest BCUT2D eigenvalue weighted by Crippen LogP contribution is 2.39. The fourth-order valence-corrected chi connectivity index (χ4v) is 5.75. The largest absolute Gasteiger partial charge is 0.497 e. The minimum Gasteiger partial charge on any atom is -0.497 e. The summed E-state index contributed by atoms with van der Waals surface area (Å²) < 4.78 is 10.5. The molecule has 3 amide bonds. The van der Waals surface area contributed by atoms with E-state index in [1.54, 1.807) is 18.2 Å². The minimum absolute atomic E-state index is 0.00343. The molecule has 3 aromatic rings. The number of Topliss-reactive ketones (excluding diaryl/α,β-unsaturated/α-hetero) is 1. The van der Waals surface area contributed by atoms with Gasteiger partial charge in [0.25, 0.3) is 17.7 Å². The number of ether oxygens (including phenoxy) is 2. The molecule has 1 saturated heterocycles. The van der Waals surface area contributed by atoms with Gasteiger partial charge in [0.1, 0.15) is 18.0 Å². The van der Waals surface area contributed by atoms with Crippen LogP contribution in [-0.4, -0.2) is 53.1 Å². The maximum atomic E-state index is 13.8. The summed E-state index contributed by atoms with van der Waals surface area (Å²) in [5, 5.41) is 1.93. The van der Waals surface area contributed by atoms with Crippen LogP contribution in [0.25, 0.3) is 0 Å². The van der Waals surface area contributed by atoms with E-state index >= 15 is 0 Å². The number of hydrogen-bond donors (Lipinski definition) is 0. The fraction of sp³-hybridized carbons (Fsp3) is 0.219. The summed E-state index contributed by atoms with van der Waals surface area (Å²) in [7, 11) is 1.49. The van der Waals surface area contributed by atoms with Gasteiger partial charge in [-0.25, -0.2) is 9.80 Å².